The summed E-state index contributed by atoms with van der Waals surface area (Å²) in [6, 6.07) is 0. The van der Waals surface area contributed by atoms with E-state index in [9.17, 15) is 4.79 Å². The Morgan fingerprint density at radius 2 is 1.93 bits per heavy atom. The highest BCUT2D eigenvalue weighted by molar-refractivity contribution is 5.95. The van der Waals surface area contributed by atoms with Crippen LogP contribution >= 0.6 is 0 Å². The van der Waals surface area contributed by atoms with E-state index < -0.39 is 0 Å². The summed E-state index contributed by atoms with van der Waals surface area (Å²) in [7, 11) is 0. The van der Waals surface area contributed by atoms with Crippen LogP contribution in [0.15, 0.2) is 24.3 Å². The standard InChI is InChI=1S/C13H23NO/c1-5-8-11-14(10-7-3)13(15)12(4)9-6-2/h6,9H,4-5,7-8,10-11H2,1-3H3/b9-6-. The third-order valence-corrected chi connectivity index (χ3v) is 2.20. The molecule has 0 N–H and O–H groups in total. The Hall–Kier alpha value is -1.05. The zero-order chi connectivity index (χ0) is 11.7. The molecule has 0 aromatic rings. The van der Waals surface area contributed by atoms with E-state index in [0.29, 0.717) is 5.57 Å². The number of amides is 1. The molecular weight excluding hydrogens is 186 g/mol. The molecule has 2 heteroatoms. The van der Waals surface area contributed by atoms with Crippen LogP contribution in [0.25, 0.3) is 0 Å². The number of unbranched alkanes of at least 4 members (excludes halogenated alkanes) is 1. The summed E-state index contributed by atoms with van der Waals surface area (Å²) in [5.74, 6) is 0.0726. The lowest BCUT2D eigenvalue weighted by Gasteiger charge is -2.22. The predicted octanol–water partition coefficient (Wildman–Crippen LogP) is 3.16. The van der Waals surface area contributed by atoms with Gasteiger partial charge in [-0.3, -0.25) is 4.79 Å². The Morgan fingerprint density at radius 3 is 2.40 bits per heavy atom. The summed E-state index contributed by atoms with van der Waals surface area (Å²) in [6.45, 7) is 11.6. The van der Waals surface area contributed by atoms with Crippen LogP contribution in [0.5, 0.6) is 0 Å². The van der Waals surface area contributed by atoms with Crippen LogP contribution in [-0.4, -0.2) is 23.9 Å². The highest BCUT2D eigenvalue weighted by Crippen LogP contribution is 2.05. The first-order chi connectivity index (χ1) is 7.17. The monoisotopic (exact) mass is 209 g/mol. The lowest BCUT2D eigenvalue weighted by molar-refractivity contribution is -0.126. The molecule has 0 aromatic carbocycles. The Bertz CT molecular complexity index is 231. The first-order valence-corrected chi connectivity index (χ1v) is 5.78. The maximum atomic E-state index is 11.9. The van der Waals surface area contributed by atoms with E-state index in [0.717, 1.165) is 32.4 Å². The zero-order valence-corrected chi connectivity index (χ0v) is 10.3. The first-order valence-electron chi connectivity index (χ1n) is 5.78. The molecule has 0 atom stereocenters. The molecule has 0 saturated heterocycles. The molecule has 0 aliphatic rings. The third-order valence-electron chi connectivity index (χ3n) is 2.20. The van der Waals surface area contributed by atoms with Crippen molar-refractivity contribution in [3.8, 4) is 0 Å². The van der Waals surface area contributed by atoms with E-state index in [4.69, 9.17) is 0 Å². The third kappa shape index (κ3) is 5.40. The topological polar surface area (TPSA) is 20.3 Å². The number of hydrogen-bond acceptors (Lipinski definition) is 1. The van der Waals surface area contributed by atoms with Gasteiger partial charge in [-0.2, -0.15) is 0 Å². The van der Waals surface area contributed by atoms with E-state index in [1.165, 1.54) is 0 Å². The Kier molecular flexibility index (Phi) is 7.69. The molecule has 0 aliphatic carbocycles. The fraction of sp³-hybridized carbons (Fsp3) is 0.615. The normalized spacial score (nSPS) is 10.6. The molecule has 0 saturated carbocycles. The van der Waals surface area contributed by atoms with Gasteiger partial charge >= 0.3 is 0 Å². The Balaban J connectivity index is 4.33. The van der Waals surface area contributed by atoms with Gasteiger partial charge in [0.15, 0.2) is 0 Å². The number of allylic oxidation sites excluding steroid dienone is 1. The molecule has 0 fully saturated rings. The number of nitrogens with zero attached hydrogens (tertiary/aromatic N) is 1. The van der Waals surface area contributed by atoms with Gasteiger partial charge in [0.1, 0.15) is 0 Å². The maximum Gasteiger partial charge on any atom is 0.253 e. The summed E-state index contributed by atoms with van der Waals surface area (Å²) in [5, 5.41) is 0. The minimum atomic E-state index is 0.0726. The molecule has 0 unspecified atom stereocenters. The van der Waals surface area contributed by atoms with E-state index >= 15 is 0 Å². The molecule has 0 aliphatic heterocycles. The summed E-state index contributed by atoms with van der Waals surface area (Å²) in [4.78, 5) is 13.8. The van der Waals surface area contributed by atoms with Gasteiger partial charge in [0, 0.05) is 18.7 Å². The van der Waals surface area contributed by atoms with Crippen LogP contribution < -0.4 is 0 Å². The molecule has 0 rings (SSSR count). The van der Waals surface area contributed by atoms with Crippen LogP contribution in [0.2, 0.25) is 0 Å². The highest BCUT2D eigenvalue weighted by atomic mass is 16.2. The van der Waals surface area contributed by atoms with Gasteiger partial charge in [-0.15, -0.1) is 0 Å². The summed E-state index contributed by atoms with van der Waals surface area (Å²) in [5.41, 5.74) is 0.585. The molecule has 0 radical (unpaired) electrons. The summed E-state index contributed by atoms with van der Waals surface area (Å²) < 4.78 is 0. The van der Waals surface area contributed by atoms with Crippen LogP contribution in [0.3, 0.4) is 0 Å². The number of rotatable bonds is 7. The van der Waals surface area contributed by atoms with Crippen molar-refractivity contribution in [2.24, 2.45) is 0 Å². The van der Waals surface area contributed by atoms with E-state index in [1.807, 2.05) is 17.9 Å². The molecule has 15 heavy (non-hydrogen) atoms. The van der Waals surface area contributed by atoms with Crippen molar-refractivity contribution in [2.45, 2.75) is 40.0 Å². The smallest absolute Gasteiger partial charge is 0.253 e. The fourth-order valence-electron chi connectivity index (χ4n) is 1.41. The number of carbonyl (C=O) groups is 1. The molecule has 0 bridgehead atoms. The SMILES string of the molecule is C=C(/C=C\C)C(=O)N(CCC)CCCC. The Morgan fingerprint density at radius 1 is 1.27 bits per heavy atom. The van der Waals surface area contributed by atoms with Crippen LogP contribution in [0, 0.1) is 0 Å². The van der Waals surface area contributed by atoms with Crippen molar-refractivity contribution < 1.29 is 4.79 Å². The van der Waals surface area contributed by atoms with Gasteiger partial charge in [0.05, 0.1) is 0 Å². The van der Waals surface area contributed by atoms with E-state index in [1.54, 1.807) is 6.08 Å². The van der Waals surface area contributed by atoms with Gasteiger partial charge in [-0.25, -0.2) is 0 Å². The maximum absolute atomic E-state index is 11.9. The van der Waals surface area contributed by atoms with Crippen molar-refractivity contribution in [2.75, 3.05) is 13.1 Å². The second-order valence-corrected chi connectivity index (χ2v) is 3.67. The van der Waals surface area contributed by atoms with Gasteiger partial charge < -0.3 is 4.90 Å². The lowest BCUT2D eigenvalue weighted by atomic mass is 10.2. The van der Waals surface area contributed by atoms with Gasteiger partial charge in [-0.05, 0) is 19.8 Å². The summed E-state index contributed by atoms with van der Waals surface area (Å²) >= 11 is 0. The average Bonchev–Trinajstić information content (AvgIpc) is 2.23. The average molecular weight is 209 g/mol. The van der Waals surface area contributed by atoms with Crippen molar-refractivity contribution in [1.82, 2.24) is 4.90 Å². The molecular formula is C13H23NO. The van der Waals surface area contributed by atoms with Crippen molar-refractivity contribution in [3.63, 3.8) is 0 Å². The minimum absolute atomic E-state index is 0.0726. The van der Waals surface area contributed by atoms with Gasteiger partial charge in [-0.1, -0.05) is 39.0 Å². The lowest BCUT2D eigenvalue weighted by Crippen LogP contribution is -2.33. The van der Waals surface area contributed by atoms with E-state index in [2.05, 4.69) is 20.4 Å². The van der Waals surface area contributed by atoms with Gasteiger partial charge in [0.2, 0.25) is 0 Å². The molecule has 2 nitrogen and oxygen atoms in total. The molecule has 86 valence electrons. The van der Waals surface area contributed by atoms with E-state index in [-0.39, 0.29) is 5.91 Å². The quantitative estimate of drug-likeness (QED) is 0.466. The van der Waals surface area contributed by atoms with Crippen molar-refractivity contribution in [1.29, 1.82) is 0 Å². The van der Waals surface area contributed by atoms with Crippen LogP contribution in [0.4, 0.5) is 0 Å². The largest absolute Gasteiger partial charge is 0.339 e. The fourth-order valence-corrected chi connectivity index (χ4v) is 1.41. The molecule has 0 aromatic heterocycles. The minimum Gasteiger partial charge on any atom is -0.339 e. The zero-order valence-electron chi connectivity index (χ0n) is 10.3. The first kappa shape index (κ1) is 13.9. The number of carbonyl (C=O) groups excluding carboxylic acids is 1. The molecule has 1 amide bonds. The van der Waals surface area contributed by atoms with Crippen LogP contribution in [-0.2, 0) is 4.79 Å². The van der Waals surface area contributed by atoms with Gasteiger partial charge in [0.25, 0.3) is 5.91 Å². The summed E-state index contributed by atoms with van der Waals surface area (Å²) in [6.07, 6.45) is 6.80. The Labute approximate surface area is 93.7 Å². The highest BCUT2D eigenvalue weighted by Gasteiger charge is 2.12. The van der Waals surface area contributed by atoms with Crippen molar-refractivity contribution >= 4 is 5.91 Å². The molecule has 0 spiro atoms. The molecule has 0 heterocycles. The second-order valence-electron chi connectivity index (χ2n) is 3.67. The van der Waals surface area contributed by atoms with Crippen molar-refractivity contribution in [3.05, 3.63) is 24.3 Å². The van der Waals surface area contributed by atoms with Crippen LogP contribution in [0.1, 0.15) is 40.0 Å². The second kappa shape index (κ2) is 8.27. The predicted molar refractivity (Wildman–Crippen MR) is 65.7 cm³/mol. The number of hydrogen-bond donors (Lipinski definition) is 0.